The predicted octanol–water partition coefficient (Wildman–Crippen LogP) is 0.0836. The first-order valence-corrected chi connectivity index (χ1v) is 6.15. The molecule has 2 rings (SSSR count). The summed E-state index contributed by atoms with van der Waals surface area (Å²) in [6, 6.07) is 0. The molecule has 15 heavy (non-hydrogen) atoms. The molecule has 0 aromatic heterocycles. The number of ether oxygens (including phenoxy) is 3. The van der Waals surface area contributed by atoms with Gasteiger partial charge in [0.15, 0.2) is 0 Å². The van der Waals surface area contributed by atoms with E-state index < -0.39 is 12.1 Å². The van der Waals surface area contributed by atoms with E-state index >= 15 is 0 Å². The number of hydrogen-bond donors (Lipinski definition) is 1. The van der Waals surface area contributed by atoms with Crippen LogP contribution in [-0.2, 0) is 14.2 Å². The van der Waals surface area contributed by atoms with Gasteiger partial charge >= 0.3 is 93.7 Å². The zero-order chi connectivity index (χ0) is 10.7. The zero-order valence-electron chi connectivity index (χ0n) is 8.77. The van der Waals surface area contributed by atoms with Gasteiger partial charge in [-0.05, 0) is 0 Å². The summed E-state index contributed by atoms with van der Waals surface area (Å²) in [5.74, 6) is -0.104. The van der Waals surface area contributed by atoms with Crippen LogP contribution in [0, 0.1) is 0 Å². The van der Waals surface area contributed by atoms with Crippen molar-refractivity contribution in [1.82, 2.24) is 0 Å². The molecule has 2 unspecified atom stereocenters. The van der Waals surface area contributed by atoms with Gasteiger partial charge in [-0.1, -0.05) is 0 Å². The Morgan fingerprint density at radius 2 is 2.40 bits per heavy atom. The summed E-state index contributed by atoms with van der Waals surface area (Å²) in [6.45, 7) is 5.21. The van der Waals surface area contributed by atoms with Gasteiger partial charge in [0.25, 0.3) is 0 Å². The topological polar surface area (TPSA) is 47.9 Å². The molecule has 2 atom stereocenters. The van der Waals surface area contributed by atoms with E-state index in [1.807, 2.05) is 0 Å². The summed E-state index contributed by atoms with van der Waals surface area (Å²) in [5, 5.41) is 9.21. The quantitative estimate of drug-likeness (QED) is 0.696. The van der Waals surface area contributed by atoms with Crippen molar-refractivity contribution in [2.45, 2.75) is 25.3 Å². The molecule has 0 aliphatic carbocycles. The van der Waals surface area contributed by atoms with Crippen LogP contribution in [0.1, 0.15) is 6.92 Å². The monoisotopic (exact) mass is 230 g/mol. The van der Waals surface area contributed by atoms with E-state index in [0.717, 1.165) is 16.9 Å². The molecule has 6 heteroatoms. The molecule has 0 aromatic carbocycles. The molecular weight excluding hydrogens is 215 g/mol. The molecule has 0 spiro atoms. The SMILES string of the molecule is CC(O)COC12OCCB=C1SCCO2. The van der Waals surface area contributed by atoms with Gasteiger partial charge in [0.05, 0.1) is 0 Å². The van der Waals surface area contributed by atoms with Gasteiger partial charge in [0.1, 0.15) is 0 Å². The van der Waals surface area contributed by atoms with Crippen molar-refractivity contribution in [1.29, 1.82) is 0 Å². The second kappa shape index (κ2) is 4.97. The van der Waals surface area contributed by atoms with Crippen molar-refractivity contribution in [2.24, 2.45) is 0 Å². The van der Waals surface area contributed by atoms with Crippen molar-refractivity contribution in [3.05, 3.63) is 0 Å². The van der Waals surface area contributed by atoms with Gasteiger partial charge in [-0.25, -0.2) is 0 Å². The first kappa shape index (κ1) is 11.6. The van der Waals surface area contributed by atoms with Gasteiger partial charge in [0, 0.05) is 0 Å². The Kier molecular flexibility index (Phi) is 3.85. The van der Waals surface area contributed by atoms with Gasteiger partial charge < -0.3 is 0 Å². The van der Waals surface area contributed by atoms with Crippen LogP contribution in [0.25, 0.3) is 0 Å². The summed E-state index contributed by atoms with van der Waals surface area (Å²) in [4.78, 5) is 0.987. The number of aliphatic hydroxyl groups is 1. The third-order valence-corrected chi connectivity index (χ3v) is 3.29. The molecule has 0 bridgehead atoms. The minimum atomic E-state index is -1.03. The Morgan fingerprint density at radius 3 is 3.20 bits per heavy atom. The van der Waals surface area contributed by atoms with E-state index in [1.54, 1.807) is 18.7 Å². The minimum absolute atomic E-state index is 0.220. The van der Waals surface area contributed by atoms with Crippen LogP contribution in [0.4, 0.5) is 0 Å². The summed E-state index contributed by atoms with van der Waals surface area (Å²) >= 11 is 1.70. The molecule has 84 valence electrons. The predicted molar refractivity (Wildman–Crippen MR) is 60.3 cm³/mol. The second-order valence-corrected chi connectivity index (χ2v) is 4.76. The van der Waals surface area contributed by atoms with Crippen molar-refractivity contribution in [2.75, 3.05) is 25.6 Å². The third-order valence-electron chi connectivity index (χ3n) is 2.19. The molecule has 4 nitrogen and oxygen atoms in total. The van der Waals surface area contributed by atoms with Crippen molar-refractivity contribution >= 4 is 23.5 Å². The van der Waals surface area contributed by atoms with E-state index in [4.69, 9.17) is 14.2 Å². The molecule has 2 heterocycles. The van der Waals surface area contributed by atoms with Crippen LogP contribution in [0.3, 0.4) is 0 Å². The van der Waals surface area contributed by atoms with Gasteiger partial charge in [0.2, 0.25) is 0 Å². The first-order valence-electron chi connectivity index (χ1n) is 5.16. The second-order valence-electron chi connectivity index (χ2n) is 3.62. The Balaban J connectivity index is 2.06. The Hall–Kier alpha value is 0.125. The van der Waals surface area contributed by atoms with Crippen molar-refractivity contribution < 1.29 is 19.3 Å². The summed E-state index contributed by atoms with van der Waals surface area (Å²) in [7, 11) is 0. The number of fused-ring (bicyclic) bond motifs is 1. The van der Waals surface area contributed by atoms with E-state index in [-0.39, 0.29) is 6.61 Å². The van der Waals surface area contributed by atoms with Crippen LogP contribution in [0.5, 0.6) is 0 Å². The molecule has 1 N–H and O–H groups in total. The van der Waals surface area contributed by atoms with E-state index in [1.165, 1.54) is 0 Å². The van der Waals surface area contributed by atoms with E-state index in [9.17, 15) is 5.11 Å². The maximum atomic E-state index is 9.21. The fourth-order valence-electron chi connectivity index (χ4n) is 1.55. The molecule has 0 radical (unpaired) electrons. The molecular formula is C9H15BO4S. The Bertz CT molecular complexity index is 258. The number of hydrogen-bond acceptors (Lipinski definition) is 5. The van der Waals surface area contributed by atoms with Crippen molar-refractivity contribution in [3.8, 4) is 0 Å². The van der Waals surface area contributed by atoms with Gasteiger partial charge in [-0.15, -0.1) is 0 Å². The Labute approximate surface area is 94.2 Å². The third kappa shape index (κ3) is 2.63. The first-order chi connectivity index (χ1) is 7.23. The normalized spacial score (nSPS) is 32.5. The van der Waals surface area contributed by atoms with Crippen LogP contribution in [0.2, 0.25) is 6.32 Å². The fraction of sp³-hybridized carbons (Fsp3) is 0.889. The van der Waals surface area contributed by atoms with E-state index in [0.29, 0.717) is 13.2 Å². The average Bonchev–Trinajstić information content (AvgIpc) is 2.26. The summed E-state index contributed by atoms with van der Waals surface area (Å²) in [6.07, 6.45) is 0.382. The fourth-order valence-corrected chi connectivity index (χ4v) is 2.53. The molecule has 0 aromatic rings. The average molecular weight is 230 g/mol. The standard InChI is InChI=1S/C9H15BO4S/c1-7(11)6-14-9-8(10-2-3-12-9)15-5-4-13-9/h7,11H,2-6H2,1H3. The number of thioether (sulfide) groups is 1. The van der Waals surface area contributed by atoms with Crippen LogP contribution >= 0.6 is 11.8 Å². The summed E-state index contributed by atoms with van der Waals surface area (Å²) < 4.78 is 16.7. The molecule has 2 aliphatic rings. The Morgan fingerprint density at radius 1 is 1.60 bits per heavy atom. The molecule has 1 fully saturated rings. The van der Waals surface area contributed by atoms with Gasteiger partial charge in [-0.2, -0.15) is 0 Å². The van der Waals surface area contributed by atoms with E-state index in [2.05, 4.69) is 6.92 Å². The molecule has 0 saturated carbocycles. The van der Waals surface area contributed by atoms with Gasteiger partial charge in [-0.3, -0.25) is 0 Å². The molecule has 1 saturated heterocycles. The van der Waals surface area contributed by atoms with Crippen LogP contribution in [-0.4, -0.2) is 54.5 Å². The van der Waals surface area contributed by atoms with Crippen molar-refractivity contribution in [3.63, 3.8) is 0 Å². The zero-order valence-corrected chi connectivity index (χ0v) is 9.59. The maximum absolute atomic E-state index is 9.21. The molecule has 2 aliphatic heterocycles. The van der Waals surface area contributed by atoms with Crippen LogP contribution in [0.15, 0.2) is 0 Å². The van der Waals surface area contributed by atoms with Crippen LogP contribution < -0.4 is 0 Å². The number of rotatable bonds is 3. The number of aliphatic hydroxyl groups excluding tert-OH is 1. The summed E-state index contributed by atoms with van der Waals surface area (Å²) in [5.41, 5.74) is 0. The molecule has 0 amide bonds.